The predicted molar refractivity (Wildman–Crippen MR) is 71.3 cm³/mol. The Balaban J connectivity index is 2.09. The van der Waals surface area contributed by atoms with E-state index in [0.717, 1.165) is 12.1 Å². The Bertz CT molecular complexity index is 574. The van der Waals surface area contributed by atoms with Crippen molar-refractivity contribution < 1.29 is 17.2 Å². The summed E-state index contributed by atoms with van der Waals surface area (Å²) in [6.07, 6.45) is 0. The highest BCUT2D eigenvalue weighted by Crippen LogP contribution is 2.17. The van der Waals surface area contributed by atoms with E-state index in [4.69, 9.17) is 0 Å². The van der Waals surface area contributed by atoms with Crippen LogP contribution in [0, 0.1) is 11.6 Å². The van der Waals surface area contributed by atoms with Gasteiger partial charge in [-0.2, -0.15) is 17.4 Å². The molecular weight excluding hydrogens is 288 g/mol. The van der Waals surface area contributed by atoms with E-state index in [1.54, 1.807) is 6.92 Å². The Hall–Kier alpha value is -1.09. The molecule has 5 nitrogen and oxygen atoms in total. The fourth-order valence-corrected chi connectivity index (χ4v) is 3.43. The smallest absolute Gasteiger partial charge is 0.280 e. The molecule has 1 aliphatic heterocycles. The summed E-state index contributed by atoms with van der Waals surface area (Å²) in [4.78, 5) is 0. The van der Waals surface area contributed by atoms with Crippen molar-refractivity contribution in [2.24, 2.45) is 0 Å². The largest absolute Gasteiger partial charge is 0.314 e. The second kappa shape index (κ2) is 6.13. The molecular formula is C12H17F2N3O2S. The van der Waals surface area contributed by atoms with Gasteiger partial charge in [-0.05, 0) is 24.6 Å². The second-order valence-corrected chi connectivity index (χ2v) is 6.37. The Morgan fingerprint density at radius 1 is 1.25 bits per heavy atom. The Morgan fingerprint density at radius 2 is 1.90 bits per heavy atom. The van der Waals surface area contributed by atoms with Gasteiger partial charge in [0.05, 0.1) is 0 Å². The highest BCUT2D eigenvalue weighted by molar-refractivity contribution is 7.87. The molecule has 0 aromatic heterocycles. The standard InChI is InChI=1S/C12H17F2N3O2S/c1-9(10-2-3-11(13)12(14)8-10)16-20(18,19)17-6-4-15-5-7-17/h2-3,8-9,15-16H,4-7H2,1H3. The summed E-state index contributed by atoms with van der Waals surface area (Å²) < 4.78 is 54.1. The molecule has 1 aromatic carbocycles. The van der Waals surface area contributed by atoms with E-state index in [-0.39, 0.29) is 0 Å². The van der Waals surface area contributed by atoms with E-state index in [0.29, 0.717) is 31.7 Å². The minimum Gasteiger partial charge on any atom is -0.314 e. The van der Waals surface area contributed by atoms with Crippen LogP contribution < -0.4 is 10.0 Å². The average Bonchev–Trinajstić information content (AvgIpc) is 2.42. The van der Waals surface area contributed by atoms with Crippen molar-refractivity contribution in [1.82, 2.24) is 14.3 Å². The molecule has 1 unspecified atom stereocenters. The van der Waals surface area contributed by atoms with Gasteiger partial charge in [0.25, 0.3) is 10.2 Å². The minimum absolute atomic E-state index is 0.377. The maximum Gasteiger partial charge on any atom is 0.280 e. The van der Waals surface area contributed by atoms with E-state index in [1.165, 1.54) is 10.4 Å². The number of piperazine rings is 1. The molecule has 0 aliphatic carbocycles. The Kier molecular flexibility index (Phi) is 4.69. The highest BCUT2D eigenvalue weighted by Gasteiger charge is 2.25. The van der Waals surface area contributed by atoms with Crippen LogP contribution in [0.25, 0.3) is 0 Å². The van der Waals surface area contributed by atoms with Gasteiger partial charge in [0, 0.05) is 32.2 Å². The molecule has 8 heteroatoms. The third-order valence-electron chi connectivity index (χ3n) is 3.19. The van der Waals surface area contributed by atoms with E-state index in [9.17, 15) is 17.2 Å². The van der Waals surface area contributed by atoms with Crippen LogP contribution in [-0.4, -0.2) is 38.9 Å². The van der Waals surface area contributed by atoms with Gasteiger partial charge in [-0.15, -0.1) is 0 Å². The zero-order chi connectivity index (χ0) is 14.8. The molecule has 1 atom stereocenters. The van der Waals surface area contributed by atoms with E-state index in [1.807, 2.05) is 0 Å². The van der Waals surface area contributed by atoms with Gasteiger partial charge >= 0.3 is 0 Å². The van der Waals surface area contributed by atoms with Gasteiger partial charge in [-0.1, -0.05) is 6.07 Å². The highest BCUT2D eigenvalue weighted by atomic mass is 32.2. The summed E-state index contributed by atoms with van der Waals surface area (Å²) in [5.41, 5.74) is 0.377. The van der Waals surface area contributed by atoms with Crippen molar-refractivity contribution in [3.05, 3.63) is 35.4 Å². The Labute approximate surface area is 117 Å². The zero-order valence-electron chi connectivity index (χ0n) is 11.1. The normalized spacial score (nSPS) is 18.9. The van der Waals surface area contributed by atoms with Gasteiger partial charge in [0.15, 0.2) is 11.6 Å². The number of hydrogen-bond acceptors (Lipinski definition) is 3. The molecule has 20 heavy (non-hydrogen) atoms. The lowest BCUT2D eigenvalue weighted by Gasteiger charge is -2.28. The molecule has 2 N–H and O–H groups in total. The van der Waals surface area contributed by atoms with Crippen LogP contribution in [0.2, 0.25) is 0 Å². The molecule has 0 amide bonds. The van der Waals surface area contributed by atoms with E-state index in [2.05, 4.69) is 10.0 Å². The van der Waals surface area contributed by atoms with Crippen LogP contribution in [0.15, 0.2) is 18.2 Å². The molecule has 0 bridgehead atoms. The van der Waals surface area contributed by atoms with Crippen molar-refractivity contribution in [2.45, 2.75) is 13.0 Å². The van der Waals surface area contributed by atoms with Gasteiger partial charge in [-0.25, -0.2) is 8.78 Å². The SMILES string of the molecule is CC(NS(=O)(=O)N1CCNCC1)c1ccc(F)c(F)c1. The molecule has 0 radical (unpaired) electrons. The van der Waals surface area contributed by atoms with Crippen LogP contribution in [0.5, 0.6) is 0 Å². The predicted octanol–water partition coefficient (Wildman–Crippen LogP) is 0.765. The lowest BCUT2D eigenvalue weighted by atomic mass is 10.1. The molecule has 1 aliphatic rings. The number of benzene rings is 1. The first-order valence-corrected chi connectivity index (χ1v) is 7.77. The second-order valence-electron chi connectivity index (χ2n) is 4.67. The summed E-state index contributed by atoms with van der Waals surface area (Å²) in [6, 6.07) is 2.72. The first-order valence-electron chi connectivity index (χ1n) is 6.33. The first kappa shape index (κ1) is 15.3. The van der Waals surface area contributed by atoms with E-state index < -0.39 is 27.9 Å². The summed E-state index contributed by atoms with van der Waals surface area (Å²) in [7, 11) is -3.63. The number of nitrogens with zero attached hydrogens (tertiary/aromatic N) is 1. The Morgan fingerprint density at radius 3 is 2.50 bits per heavy atom. The molecule has 2 rings (SSSR count). The van der Waals surface area contributed by atoms with Crippen LogP contribution in [0.4, 0.5) is 8.78 Å². The van der Waals surface area contributed by atoms with Crippen LogP contribution in [0.3, 0.4) is 0 Å². The minimum atomic E-state index is -3.63. The number of nitrogens with one attached hydrogen (secondary N) is 2. The molecule has 0 saturated carbocycles. The summed E-state index contributed by atoms with van der Waals surface area (Å²) in [6.45, 7) is 3.56. The van der Waals surface area contributed by atoms with Crippen LogP contribution in [-0.2, 0) is 10.2 Å². The quantitative estimate of drug-likeness (QED) is 0.863. The number of hydrogen-bond donors (Lipinski definition) is 2. The van der Waals surface area contributed by atoms with Crippen molar-refractivity contribution in [1.29, 1.82) is 0 Å². The lowest BCUT2D eigenvalue weighted by Crippen LogP contribution is -2.50. The fraction of sp³-hybridized carbons (Fsp3) is 0.500. The maximum absolute atomic E-state index is 13.2. The topological polar surface area (TPSA) is 61.4 Å². The molecule has 1 aromatic rings. The molecule has 1 heterocycles. The zero-order valence-corrected chi connectivity index (χ0v) is 11.9. The molecule has 0 spiro atoms. The van der Waals surface area contributed by atoms with Crippen molar-refractivity contribution >= 4 is 10.2 Å². The third kappa shape index (κ3) is 3.51. The van der Waals surface area contributed by atoms with Gasteiger partial charge in [0.1, 0.15) is 0 Å². The van der Waals surface area contributed by atoms with Gasteiger partial charge in [0.2, 0.25) is 0 Å². The van der Waals surface area contributed by atoms with Crippen molar-refractivity contribution in [2.75, 3.05) is 26.2 Å². The van der Waals surface area contributed by atoms with Crippen molar-refractivity contribution in [3.63, 3.8) is 0 Å². The van der Waals surface area contributed by atoms with Crippen molar-refractivity contribution in [3.8, 4) is 0 Å². The summed E-state index contributed by atoms with van der Waals surface area (Å²) in [5, 5.41) is 3.06. The summed E-state index contributed by atoms with van der Waals surface area (Å²) in [5.74, 6) is -1.94. The van der Waals surface area contributed by atoms with Crippen LogP contribution in [0.1, 0.15) is 18.5 Å². The first-order chi connectivity index (χ1) is 9.40. The molecule has 1 fully saturated rings. The average molecular weight is 305 g/mol. The number of rotatable bonds is 4. The van der Waals surface area contributed by atoms with Gasteiger partial charge < -0.3 is 5.32 Å². The van der Waals surface area contributed by atoms with Crippen LogP contribution >= 0.6 is 0 Å². The third-order valence-corrected chi connectivity index (χ3v) is 4.88. The fourth-order valence-electron chi connectivity index (χ4n) is 2.03. The van der Waals surface area contributed by atoms with E-state index >= 15 is 0 Å². The monoisotopic (exact) mass is 305 g/mol. The molecule has 1 saturated heterocycles. The molecule has 112 valence electrons. The maximum atomic E-state index is 13.2. The lowest BCUT2D eigenvalue weighted by molar-refractivity contribution is 0.352. The summed E-state index contributed by atoms with van der Waals surface area (Å²) >= 11 is 0. The number of halogens is 2. The van der Waals surface area contributed by atoms with Gasteiger partial charge in [-0.3, -0.25) is 0 Å².